The topological polar surface area (TPSA) is 73.7 Å². The van der Waals surface area contributed by atoms with E-state index in [1.54, 1.807) is 17.6 Å². The predicted octanol–water partition coefficient (Wildman–Crippen LogP) is 5.31. The minimum atomic E-state index is -0.406. The number of thiophene rings is 1. The lowest BCUT2D eigenvalue weighted by atomic mass is 10.00. The number of hydrogen-bond donors (Lipinski definition) is 3. The molecule has 0 aliphatic heterocycles. The molecule has 0 bridgehead atoms. The van der Waals surface area contributed by atoms with Crippen LogP contribution < -0.4 is 10.7 Å². The lowest BCUT2D eigenvalue weighted by molar-refractivity contribution is 0.0955. The number of benzene rings is 3. The van der Waals surface area contributed by atoms with Crippen molar-refractivity contribution < 1.29 is 9.90 Å². The van der Waals surface area contributed by atoms with Crippen molar-refractivity contribution >= 4 is 45.8 Å². The molecule has 1 aromatic heterocycles. The molecular weight excluding hydrogens is 430 g/mol. The molecule has 7 heteroatoms. The molecule has 156 valence electrons. The Kier molecular flexibility index (Phi) is 6.62. The fourth-order valence-corrected chi connectivity index (χ4v) is 4.11. The molecule has 3 aromatic carbocycles. The van der Waals surface area contributed by atoms with Crippen LogP contribution in [0.3, 0.4) is 0 Å². The van der Waals surface area contributed by atoms with Gasteiger partial charge in [0.25, 0.3) is 5.91 Å². The van der Waals surface area contributed by atoms with Gasteiger partial charge in [-0.2, -0.15) is 5.10 Å². The van der Waals surface area contributed by atoms with Crippen molar-refractivity contribution in [3.63, 3.8) is 0 Å². The van der Waals surface area contributed by atoms with Crippen LogP contribution in [0.4, 0.5) is 0 Å². The van der Waals surface area contributed by atoms with Crippen molar-refractivity contribution in [1.82, 2.24) is 10.7 Å². The lowest BCUT2D eigenvalue weighted by Crippen LogP contribution is -2.17. The minimum Gasteiger partial charge on any atom is -0.506 e. The summed E-state index contributed by atoms with van der Waals surface area (Å²) in [4.78, 5) is 13.6. The van der Waals surface area contributed by atoms with E-state index in [2.05, 4.69) is 45.5 Å². The van der Waals surface area contributed by atoms with Gasteiger partial charge in [0.15, 0.2) is 0 Å². The fraction of sp³-hybridized carbons (Fsp3) is 0.0833. The van der Waals surface area contributed by atoms with Crippen molar-refractivity contribution in [2.75, 3.05) is 0 Å². The summed E-state index contributed by atoms with van der Waals surface area (Å²) in [5, 5.41) is 21.5. The number of nitrogens with one attached hydrogen (secondary N) is 2. The van der Waals surface area contributed by atoms with E-state index in [0.29, 0.717) is 5.56 Å². The molecule has 0 atom stereocenters. The highest BCUT2D eigenvalue weighted by atomic mass is 35.5. The van der Waals surface area contributed by atoms with Crippen LogP contribution in [0.1, 0.15) is 26.4 Å². The van der Waals surface area contributed by atoms with Crippen molar-refractivity contribution in [1.29, 1.82) is 0 Å². The minimum absolute atomic E-state index is 0.0712. The molecule has 0 radical (unpaired) electrons. The molecule has 1 amide bonds. The Morgan fingerprint density at radius 2 is 1.87 bits per heavy atom. The van der Waals surface area contributed by atoms with Gasteiger partial charge < -0.3 is 10.4 Å². The molecular formula is C24H20ClN3O2S. The Labute approximate surface area is 189 Å². The summed E-state index contributed by atoms with van der Waals surface area (Å²) in [7, 11) is 0. The number of phenols is 1. The maximum atomic E-state index is 12.3. The summed E-state index contributed by atoms with van der Waals surface area (Å²) in [6.45, 7) is 1.59. The second-order valence-electron chi connectivity index (χ2n) is 6.91. The van der Waals surface area contributed by atoms with Gasteiger partial charge in [0.05, 0.1) is 11.2 Å². The van der Waals surface area contributed by atoms with E-state index in [-0.39, 0.29) is 10.8 Å². The monoisotopic (exact) mass is 449 g/mol. The maximum absolute atomic E-state index is 12.3. The molecule has 1 heterocycles. The number of amides is 1. The van der Waals surface area contributed by atoms with E-state index >= 15 is 0 Å². The molecule has 0 aliphatic rings. The Bertz CT molecular complexity index is 1240. The summed E-state index contributed by atoms with van der Waals surface area (Å²) in [6.07, 6.45) is 1.63. The molecule has 4 aromatic rings. The molecule has 3 N–H and O–H groups in total. The molecule has 4 rings (SSSR count). The van der Waals surface area contributed by atoms with E-state index in [9.17, 15) is 9.90 Å². The molecule has 0 saturated carbocycles. The third kappa shape index (κ3) is 5.11. The van der Waals surface area contributed by atoms with Crippen molar-refractivity contribution in [2.24, 2.45) is 5.10 Å². The van der Waals surface area contributed by atoms with Crippen LogP contribution in [0.25, 0.3) is 10.8 Å². The quantitative estimate of drug-likeness (QED) is 0.264. The van der Waals surface area contributed by atoms with E-state index < -0.39 is 5.91 Å². The Hall–Kier alpha value is -3.19. The van der Waals surface area contributed by atoms with Gasteiger partial charge in [0.2, 0.25) is 0 Å². The molecule has 0 unspecified atom stereocenters. The molecule has 5 nitrogen and oxygen atoms in total. The van der Waals surface area contributed by atoms with Crippen molar-refractivity contribution in [3.8, 4) is 5.75 Å². The van der Waals surface area contributed by atoms with Crippen LogP contribution in [0.5, 0.6) is 5.75 Å². The zero-order valence-electron chi connectivity index (χ0n) is 16.5. The first-order valence-corrected chi connectivity index (χ1v) is 10.9. The standard InChI is InChI=1S/C24H20ClN3O2S/c25-22-12-16(9-10-23(22)29)24(30)28-27-14-18-8-7-17(20-5-1-2-6-21(18)20)13-26-15-19-4-3-11-31-19/h1-12,14,26,29H,13,15H2,(H,28,30). The molecule has 0 saturated heterocycles. The largest absolute Gasteiger partial charge is 0.506 e. The summed E-state index contributed by atoms with van der Waals surface area (Å²) >= 11 is 7.60. The molecule has 0 aliphatic carbocycles. The van der Waals surface area contributed by atoms with E-state index in [1.165, 1.54) is 28.6 Å². The van der Waals surface area contributed by atoms with Crippen LogP contribution in [0, 0.1) is 0 Å². The van der Waals surface area contributed by atoms with Crippen LogP contribution in [-0.4, -0.2) is 17.2 Å². The Morgan fingerprint density at radius 3 is 2.65 bits per heavy atom. The molecule has 0 fully saturated rings. The number of phenolic OH excluding ortho intramolecular Hbond substituents is 1. The van der Waals surface area contributed by atoms with Crippen molar-refractivity contribution in [2.45, 2.75) is 13.1 Å². The van der Waals surface area contributed by atoms with Gasteiger partial charge in [-0.25, -0.2) is 5.43 Å². The summed E-state index contributed by atoms with van der Waals surface area (Å²) < 4.78 is 0. The highest BCUT2D eigenvalue weighted by Crippen LogP contribution is 2.24. The average molecular weight is 450 g/mol. The first-order chi connectivity index (χ1) is 15.1. The molecule has 0 spiro atoms. The van der Waals surface area contributed by atoms with Gasteiger partial charge in [-0.1, -0.05) is 54.1 Å². The number of rotatable bonds is 7. The fourth-order valence-electron chi connectivity index (χ4n) is 3.26. The highest BCUT2D eigenvalue weighted by Gasteiger charge is 2.08. The van der Waals surface area contributed by atoms with E-state index in [4.69, 9.17) is 11.6 Å². The van der Waals surface area contributed by atoms with Crippen molar-refractivity contribution in [3.05, 3.63) is 98.7 Å². The number of hydrazone groups is 1. The van der Waals surface area contributed by atoms with Gasteiger partial charge in [0.1, 0.15) is 5.75 Å². The first kappa shape index (κ1) is 21.1. The number of carbonyl (C=O) groups is 1. The number of nitrogens with zero attached hydrogens (tertiary/aromatic N) is 1. The Balaban J connectivity index is 1.47. The number of aromatic hydroxyl groups is 1. The highest BCUT2D eigenvalue weighted by molar-refractivity contribution is 7.09. The number of hydrogen-bond acceptors (Lipinski definition) is 5. The summed E-state index contributed by atoms with van der Waals surface area (Å²) in [5.74, 6) is -0.477. The van der Waals surface area contributed by atoms with Crippen LogP contribution in [0.15, 0.2) is 77.2 Å². The van der Waals surface area contributed by atoms with Crippen LogP contribution in [-0.2, 0) is 13.1 Å². The summed E-state index contributed by atoms with van der Waals surface area (Å²) in [5.41, 5.74) is 4.92. The molecule has 31 heavy (non-hydrogen) atoms. The lowest BCUT2D eigenvalue weighted by Gasteiger charge is -2.10. The zero-order valence-corrected chi connectivity index (χ0v) is 18.1. The number of fused-ring (bicyclic) bond motifs is 1. The predicted molar refractivity (Wildman–Crippen MR) is 127 cm³/mol. The normalized spacial score (nSPS) is 11.3. The zero-order chi connectivity index (χ0) is 21.6. The first-order valence-electron chi connectivity index (χ1n) is 9.67. The Morgan fingerprint density at radius 1 is 1.03 bits per heavy atom. The van der Waals surface area contributed by atoms with Gasteiger partial charge >= 0.3 is 0 Å². The van der Waals surface area contributed by atoms with Gasteiger partial charge in [-0.05, 0) is 46.0 Å². The smallest absolute Gasteiger partial charge is 0.271 e. The average Bonchev–Trinajstić information content (AvgIpc) is 3.30. The third-order valence-corrected chi connectivity index (χ3v) is 6.00. The van der Waals surface area contributed by atoms with Crippen LogP contribution >= 0.6 is 22.9 Å². The van der Waals surface area contributed by atoms with Gasteiger partial charge in [-0.3, -0.25) is 4.79 Å². The number of halogens is 1. The maximum Gasteiger partial charge on any atom is 0.271 e. The SMILES string of the molecule is O=C(NN=Cc1ccc(CNCc2cccs2)c2ccccc12)c1ccc(O)c(Cl)c1. The number of carbonyl (C=O) groups excluding carboxylic acids is 1. The van der Waals surface area contributed by atoms with E-state index in [0.717, 1.165) is 29.4 Å². The third-order valence-electron chi connectivity index (χ3n) is 4.82. The van der Waals surface area contributed by atoms with E-state index in [1.807, 2.05) is 24.3 Å². The second kappa shape index (κ2) is 9.75. The van der Waals surface area contributed by atoms with Gasteiger partial charge in [-0.15, -0.1) is 11.3 Å². The van der Waals surface area contributed by atoms with Crippen LogP contribution in [0.2, 0.25) is 5.02 Å². The summed E-state index contributed by atoms with van der Waals surface area (Å²) in [6, 6.07) is 20.6. The van der Waals surface area contributed by atoms with Gasteiger partial charge in [0, 0.05) is 29.1 Å². The second-order valence-corrected chi connectivity index (χ2v) is 8.35.